The number of nitrogens with zero attached hydrogens (tertiary/aromatic N) is 3. The first kappa shape index (κ1) is 19.1. The zero-order chi connectivity index (χ0) is 18.0. The summed E-state index contributed by atoms with van der Waals surface area (Å²) >= 11 is 6.61. The van der Waals surface area contributed by atoms with Crippen LogP contribution in [0.25, 0.3) is 0 Å². The average molecular weight is 492 g/mol. The number of nitrogens with one attached hydrogen (secondary N) is 1. The zero-order valence-corrected chi connectivity index (χ0v) is 17.6. The molecule has 1 N–H and O–H groups in total. The SMILES string of the molecule is N#CN1CC(NS(=O)(=O)c2cc(Br)ccc2Br)CC1CN1CCCC1. The second kappa shape index (κ2) is 7.92. The van der Waals surface area contributed by atoms with Gasteiger partial charge in [0.15, 0.2) is 6.19 Å². The van der Waals surface area contributed by atoms with Gasteiger partial charge in [0.1, 0.15) is 0 Å². The molecule has 1 aromatic rings. The van der Waals surface area contributed by atoms with E-state index < -0.39 is 10.0 Å². The number of hydrogen-bond acceptors (Lipinski definition) is 5. The standard InChI is InChI=1S/C16H20Br2N4O2S/c17-12-3-4-15(18)16(7-12)25(23,24)20-13-8-14(22(9-13)11-19)10-21-5-1-2-6-21/h3-4,7,13-14,20H,1-2,5-6,8-10H2. The van der Waals surface area contributed by atoms with Gasteiger partial charge in [0, 0.05) is 28.1 Å². The van der Waals surface area contributed by atoms with Crippen LogP contribution in [0.1, 0.15) is 19.3 Å². The first-order chi connectivity index (χ1) is 11.9. The van der Waals surface area contributed by atoms with Crippen LogP contribution in [0.5, 0.6) is 0 Å². The van der Waals surface area contributed by atoms with Crippen molar-refractivity contribution in [2.45, 2.75) is 36.2 Å². The minimum absolute atomic E-state index is 0.0711. The van der Waals surface area contributed by atoms with Gasteiger partial charge in [0.05, 0.1) is 10.9 Å². The Morgan fingerprint density at radius 2 is 2.00 bits per heavy atom. The summed E-state index contributed by atoms with van der Waals surface area (Å²) in [5, 5.41) is 9.39. The van der Waals surface area contributed by atoms with Crippen molar-refractivity contribution in [2.75, 3.05) is 26.2 Å². The molecule has 2 aliphatic heterocycles. The molecule has 3 rings (SSSR count). The lowest BCUT2D eigenvalue weighted by molar-refractivity contribution is 0.243. The number of sulfonamides is 1. The van der Waals surface area contributed by atoms with Crippen LogP contribution in [0.2, 0.25) is 0 Å². The van der Waals surface area contributed by atoms with E-state index >= 15 is 0 Å². The summed E-state index contributed by atoms with van der Waals surface area (Å²) in [7, 11) is -3.66. The lowest BCUT2D eigenvalue weighted by Gasteiger charge is -2.23. The van der Waals surface area contributed by atoms with E-state index in [0.29, 0.717) is 21.9 Å². The first-order valence-electron chi connectivity index (χ1n) is 8.25. The van der Waals surface area contributed by atoms with Gasteiger partial charge in [-0.2, -0.15) is 5.26 Å². The number of benzene rings is 1. The average Bonchev–Trinajstić information content (AvgIpc) is 3.19. The van der Waals surface area contributed by atoms with Crippen LogP contribution in [-0.2, 0) is 10.0 Å². The van der Waals surface area contributed by atoms with Gasteiger partial charge in [-0.25, -0.2) is 13.1 Å². The Bertz CT molecular complexity index is 775. The zero-order valence-electron chi connectivity index (χ0n) is 13.7. The van der Waals surface area contributed by atoms with Crippen LogP contribution in [0.15, 0.2) is 32.0 Å². The Morgan fingerprint density at radius 1 is 1.28 bits per heavy atom. The van der Waals surface area contributed by atoms with Gasteiger partial charge < -0.3 is 9.80 Å². The highest BCUT2D eigenvalue weighted by Gasteiger charge is 2.36. The van der Waals surface area contributed by atoms with Crippen molar-refractivity contribution in [3.05, 3.63) is 27.1 Å². The van der Waals surface area contributed by atoms with E-state index in [2.05, 4.69) is 47.7 Å². The summed E-state index contributed by atoms with van der Waals surface area (Å²) in [4.78, 5) is 4.27. The van der Waals surface area contributed by atoms with Crippen LogP contribution in [0.4, 0.5) is 0 Å². The van der Waals surface area contributed by atoms with E-state index in [1.807, 2.05) is 0 Å². The molecule has 0 saturated carbocycles. The van der Waals surface area contributed by atoms with Gasteiger partial charge in [0.25, 0.3) is 0 Å². The van der Waals surface area contributed by atoms with Gasteiger partial charge >= 0.3 is 0 Å². The normalized spacial score (nSPS) is 24.6. The van der Waals surface area contributed by atoms with Gasteiger partial charge in [-0.15, -0.1) is 0 Å². The molecule has 9 heteroatoms. The number of halogens is 2. The molecule has 1 aromatic carbocycles. The Kier molecular flexibility index (Phi) is 6.06. The minimum Gasteiger partial charge on any atom is -0.305 e. The molecule has 136 valence electrons. The van der Waals surface area contributed by atoms with Gasteiger partial charge in [0.2, 0.25) is 10.0 Å². The van der Waals surface area contributed by atoms with Crippen LogP contribution >= 0.6 is 31.9 Å². The Hall–Kier alpha value is -0.660. The Labute approximate surface area is 165 Å². The molecule has 2 saturated heterocycles. The topological polar surface area (TPSA) is 76.4 Å². The molecule has 0 aromatic heterocycles. The van der Waals surface area contributed by atoms with E-state index in [1.165, 1.54) is 12.8 Å². The van der Waals surface area contributed by atoms with Crippen molar-refractivity contribution in [3.8, 4) is 6.19 Å². The van der Waals surface area contributed by atoms with Gasteiger partial charge in [-0.05, 0) is 66.5 Å². The van der Waals surface area contributed by atoms with E-state index in [0.717, 1.165) is 19.6 Å². The molecule has 0 bridgehead atoms. The molecule has 0 amide bonds. The van der Waals surface area contributed by atoms with Crippen LogP contribution in [0.3, 0.4) is 0 Å². The second-order valence-corrected chi connectivity index (χ2v) is 9.99. The van der Waals surface area contributed by atoms with Crippen molar-refractivity contribution < 1.29 is 8.42 Å². The molecular weight excluding hydrogens is 472 g/mol. The number of rotatable bonds is 5. The number of hydrogen-bond donors (Lipinski definition) is 1. The van der Waals surface area contributed by atoms with Crippen molar-refractivity contribution >= 4 is 41.9 Å². The Balaban J connectivity index is 1.70. The van der Waals surface area contributed by atoms with Crippen molar-refractivity contribution in [2.24, 2.45) is 0 Å². The van der Waals surface area contributed by atoms with E-state index in [1.54, 1.807) is 23.1 Å². The van der Waals surface area contributed by atoms with Crippen molar-refractivity contribution in [1.29, 1.82) is 5.26 Å². The molecule has 6 nitrogen and oxygen atoms in total. The minimum atomic E-state index is -3.66. The molecule has 25 heavy (non-hydrogen) atoms. The van der Waals surface area contributed by atoms with Crippen LogP contribution < -0.4 is 4.72 Å². The van der Waals surface area contributed by atoms with Crippen molar-refractivity contribution in [1.82, 2.24) is 14.5 Å². The predicted molar refractivity (Wildman–Crippen MR) is 102 cm³/mol. The highest BCUT2D eigenvalue weighted by molar-refractivity contribution is 9.11. The third-order valence-corrected chi connectivity index (χ3v) is 7.72. The van der Waals surface area contributed by atoms with Crippen LogP contribution in [0, 0.1) is 11.5 Å². The molecule has 2 unspecified atom stereocenters. The first-order valence-corrected chi connectivity index (χ1v) is 11.3. The summed E-state index contributed by atoms with van der Waals surface area (Å²) in [6.45, 7) is 3.38. The molecular formula is C16H20Br2N4O2S. The smallest absolute Gasteiger partial charge is 0.242 e. The lowest BCUT2D eigenvalue weighted by atomic mass is 10.2. The fourth-order valence-electron chi connectivity index (χ4n) is 3.53. The summed E-state index contributed by atoms with van der Waals surface area (Å²) in [5.74, 6) is 0. The summed E-state index contributed by atoms with van der Waals surface area (Å²) in [5.41, 5.74) is 0. The maximum absolute atomic E-state index is 12.7. The van der Waals surface area contributed by atoms with Crippen LogP contribution in [-0.4, -0.2) is 56.5 Å². The maximum atomic E-state index is 12.7. The van der Waals surface area contributed by atoms with E-state index in [9.17, 15) is 13.7 Å². The molecule has 2 fully saturated rings. The molecule has 2 atom stereocenters. The second-order valence-electron chi connectivity index (χ2n) is 6.54. The quantitative estimate of drug-likeness (QED) is 0.640. The van der Waals surface area contributed by atoms with E-state index in [4.69, 9.17) is 0 Å². The Morgan fingerprint density at radius 3 is 2.68 bits per heavy atom. The highest BCUT2D eigenvalue weighted by atomic mass is 79.9. The van der Waals surface area contributed by atoms with Crippen molar-refractivity contribution in [3.63, 3.8) is 0 Å². The maximum Gasteiger partial charge on any atom is 0.242 e. The molecule has 2 aliphatic rings. The van der Waals surface area contributed by atoms with E-state index in [-0.39, 0.29) is 17.0 Å². The number of likely N-dealkylation sites (tertiary alicyclic amines) is 2. The summed E-state index contributed by atoms with van der Waals surface area (Å²) in [6, 6.07) is 4.86. The monoisotopic (exact) mass is 490 g/mol. The summed E-state index contributed by atoms with van der Waals surface area (Å²) < 4.78 is 29.5. The summed E-state index contributed by atoms with van der Waals surface area (Å²) in [6.07, 6.45) is 5.27. The lowest BCUT2D eigenvalue weighted by Crippen LogP contribution is -2.36. The third-order valence-electron chi connectivity index (χ3n) is 4.72. The molecule has 0 aliphatic carbocycles. The fourth-order valence-corrected chi connectivity index (χ4v) is 6.27. The van der Waals surface area contributed by atoms with Gasteiger partial charge in [-0.3, -0.25) is 0 Å². The highest BCUT2D eigenvalue weighted by Crippen LogP contribution is 2.27. The third kappa shape index (κ3) is 4.55. The fraction of sp³-hybridized carbons (Fsp3) is 0.562. The number of nitriles is 1. The molecule has 0 radical (unpaired) electrons. The molecule has 2 heterocycles. The predicted octanol–water partition coefficient (Wildman–Crippen LogP) is 2.51. The molecule has 0 spiro atoms. The largest absolute Gasteiger partial charge is 0.305 e. The van der Waals surface area contributed by atoms with Gasteiger partial charge in [-0.1, -0.05) is 15.9 Å².